The van der Waals surface area contributed by atoms with Crippen LogP contribution >= 0.6 is 11.6 Å². The quantitative estimate of drug-likeness (QED) is 0.844. The van der Waals surface area contributed by atoms with Crippen molar-refractivity contribution in [1.82, 2.24) is 10.2 Å². The zero-order valence-electron chi connectivity index (χ0n) is 12.0. The summed E-state index contributed by atoms with van der Waals surface area (Å²) < 4.78 is 5.49. The second kappa shape index (κ2) is 7.31. The number of hydrogen-bond acceptors (Lipinski definition) is 3. The first-order chi connectivity index (χ1) is 10.1. The van der Waals surface area contributed by atoms with Gasteiger partial charge in [-0.2, -0.15) is 0 Å². The third kappa shape index (κ3) is 4.36. The summed E-state index contributed by atoms with van der Waals surface area (Å²) in [6.45, 7) is 2.91. The summed E-state index contributed by atoms with van der Waals surface area (Å²) in [5, 5.41) is 3.41. The van der Waals surface area contributed by atoms with Crippen molar-refractivity contribution in [2.75, 3.05) is 19.7 Å². The van der Waals surface area contributed by atoms with Gasteiger partial charge in [-0.3, -0.25) is 9.59 Å². The van der Waals surface area contributed by atoms with Gasteiger partial charge in [-0.1, -0.05) is 17.7 Å². The van der Waals surface area contributed by atoms with Gasteiger partial charge in [-0.05, 0) is 31.0 Å². The third-order valence-electron chi connectivity index (χ3n) is 3.43. The number of amides is 2. The Kier molecular flexibility index (Phi) is 5.44. The van der Waals surface area contributed by atoms with E-state index in [0.29, 0.717) is 30.5 Å². The van der Waals surface area contributed by atoms with Crippen LogP contribution in [0, 0.1) is 0 Å². The van der Waals surface area contributed by atoms with Crippen molar-refractivity contribution in [1.29, 1.82) is 0 Å². The van der Waals surface area contributed by atoms with Crippen molar-refractivity contribution >= 4 is 23.4 Å². The highest BCUT2D eigenvalue weighted by molar-refractivity contribution is 6.30. The van der Waals surface area contributed by atoms with E-state index in [0.717, 1.165) is 12.8 Å². The van der Waals surface area contributed by atoms with Crippen LogP contribution in [-0.2, 0) is 9.59 Å². The lowest BCUT2D eigenvalue weighted by Crippen LogP contribution is -2.46. The van der Waals surface area contributed by atoms with Crippen LogP contribution < -0.4 is 10.1 Å². The van der Waals surface area contributed by atoms with Gasteiger partial charge in [-0.25, -0.2) is 0 Å². The van der Waals surface area contributed by atoms with Crippen LogP contribution in [0.25, 0.3) is 0 Å². The second-order valence-electron chi connectivity index (χ2n) is 4.97. The van der Waals surface area contributed by atoms with Crippen LogP contribution in [-0.4, -0.2) is 42.5 Å². The van der Waals surface area contributed by atoms with Crippen molar-refractivity contribution in [3.05, 3.63) is 29.3 Å². The van der Waals surface area contributed by atoms with Crippen LogP contribution in [0.3, 0.4) is 0 Å². The number of carbonyl (C=O) groups excluding carboxylic acids is 2. The van der Waals surface area contributed by atoms with E-state index in [2.05, 4.69) is 5.32 Å². The molecule has 0 spiro atoms. The summed E-state index contributed by atoms with van der Waals surface area (Å²) in [5.41, 5.74) is 0. The predicted octanol–water partition coefficient (Wildman–Crippen LogP) is 1.85. The summed E-state index contributed by atoms with van der Waals surface area (Å²) >= 11 is 5.85. The molecular formula is C15H19ClN2O3. The largest absolute Gasteiger partial charge is 0.492 e. The van der Waals surface area contributed by atoms with Gasteiger partial charge in [0.2, 0.25) is 11.8 Å². The van der Waals surface area contributed by atoms with E-state index in [9.17, 15) is 9.59 Å². The highest BCUT2D eigenvalue weighted by Gasteiger charge is 2.31. The van der Waals surface area contributed by atoms with Gasteiger partial charge < -0.3 is 15.0 Å². The highest BCUT2D eigenvalue weighted by atomic mass is 35.5. The maximum Gasteiger partial charge on any atom is 0.242 e. The monoisotopic (exact) mass is 310 g/mol. The molecule has 5 nitrogen and oxygen atoms in total. The molecule has 0 saturated carbocycles. The number of nitrogens with zero attached hydrogens (tertiary/aromatic N) is 1. The standard InChI is InChI=1S/C15H19ClN2O3/c1-11(19)18-8-3-6-14(18)15(20)17-7-9-21-13-5-2-4-12(16)10-13/h2,4-5,10,14H,3,6-9H2,1H3,(H,17,20)/t14-/m1/s1. The van der Waals surface area contributed by atoms with Gasteiger partial charge in [0.15, 0.2) is 0 Å². The molecule has 1 aromatic rings. The Balaban J connectivity index is 1.73. The molecule has 1 N–H and O–H groups in total. The minimum absolute atomic E-state index is 0.0529. The number of likely N-dealkylation sites (tertiary alicyclic amines) is 1. The topological polar surface area (TPSA) is 58.6 Å². The highest BCUT2D eigenvalue weighted by Crippen LogP contribution is 2.18. The number of carbonyl (C=O) groups is 2. The molecule has 0 bridgehead atoms. The maximum atomic E-state index is 12.0. The fourth-order valence-electron chi connectivity index (χ4n) is 2.43. The second-order valence-corrected chi connectivity index (χ2v) is 5.40. The van der Waals surface area contributed by atoms with Gasteiger partial charge in [0.05, 0.1) is 6.54 Å². The van der Waals surface area contributed by atoms with Crippen LogP contribution in [0.4, 0.5) is 0 Å². The van der Waals surface area contributed by atoms with E-state index in [4.69, 9.17) is 16.3 Å². The molecule has 21 heavy (non-hydrogen) atoms. The molecule has 0 radical (unpaired) electrons. The molecule has 1 aromatic carbocycles. The van der Waals surface area contributed by atoms with Crippen LogP contribution in [0.5, 0.6) is 5.75 Å². The van der Waals surface area contributed by atoms with Crippen molar-refractivity contribution in [2.24, 2.45) is 0 Å². The molecule has 1 fully saturated rings. The first kappa shape index (κ1) is 15.6. The summed E-state index contributed by atoms with van der Waals surface area (Å²) in [6.07, 6.45) is 1.59. The number of rotatable bonds is 5. The normalized spacial score (nSPS) is 17.6. The van der Waals surface area contributed by atoms with E-state index in [1.807, 2.05) is 6.07 Å². The lowest BCUT2D eigenvalue weighted by molar-refractivity contribution is -0.136. The van der Waals surface area contributed by atoms with Crippen molar-refractivity contribution < 1.29 is 14.3 Å². The van der Waals surface area contributed by atoms with E-state index in [1.54, 1.807) is 23.1 Å². The van der Waals surface area contributed by atoms with E-state index in [1.165, 1.54) is 6.92 Å². The summed E-state index contributed by atoms with van der Waals surface area (Å²) in [7, 11) is 0. The Bertz CT molecular complexity index is 521. The van der Waals surface area contributed by atoms with E-state index < -0.39 is 0 Å². The molecular weight excluding hydrogens is 292 g/mol. The van der Waals surface area contributed by atoms with Crippen molar-refractivity contribution in [3.63, 3.8) is 0 Å². The molecule has 6 heteroatoms. The molecule has 1 aliphatic heterocycles. The smallest absolute Gasteiger partial charge is 0.242 e. The average molecular weight is 311 g/mol. The van der Waals surface area contributed by atoms with Gasteiger partial charge in [0.1, 0.15) is 18.4 Å². The molecule has 1 saturated heterocycles. The Labute approximate surface area is 129 Å². The number of benzene rings is 1. The molecule has 2 rings (SSSR count). The van der Waals surface area contributed by atoms with Gasteiger partial charge in [0.25, 0.3) is 0 Å². The Hall–Kier alpha value is -1.75. The minimum atomic E-state index is -0.339. The minimum Gasteiger partial charge on any atom is -0.492 e. The first-order valence-electron chi connectivity index (χ1n) is 7.01. The van der Waals surface area contributed by atoms with Crippen LogP contribution in [0.1, 0.15) is 19.8 Å². The molecule has 0 unspecified atom stereocenters. The zero-order chi connectivity index (χ0) is 15.2. The molecule has 0 aromatic heterocycles. The first-order valence-corrected chi connectivity index (χ1v) is 7.39. The van der Waals surface area contributed by atoms with Gasteiger partial charge >= 0.3 is 0 Å². The number of halogens is 1. The molecule has 2 amide bonds. The molecule has 0 aliphatic carbocycles. The lowest BCUT2D eigenvalue weighted by atomic mass is 10.2. The van der Waals surface area contributed by atoms with Gasteiger partial charge in [0, 0.05) is 18.5 Å². The SMILES string of the molecule is CC(=O)N1CCC[C@@H]1C(=O)NCCOc1cccc(Cl)c1. The van der Waals surface area contributed by atoms with Crippen molar-refractivity contribution in [3.8, 4) is 5.75 Å². The fraction of sp³-hybridized carbons (Fsp3) is 0.467. The number of ether oxygens (including phenoxy) is 1. The van der Waals surface area contributed by atoms with Crippen LogP contribution in [0.2, 0.25) is 5.02 Å². The molecule has 1 heterocycles. The number of nitrogens with one attached hydrogen (secondary N) is 1. The maximum absolute atomic E-state index is 12.0. The average Bonchev–Trinajstić information content (AvgIpc) is 2.93. The third-order valence-corrected chi connectivity index (χ3v) is 3.66. The predicted molar refractivity (Wildman–Crippen MR) is 80.4 cm³/mol. The molecule has 1 atom stereocenters. The van der Waals surface area contributed by atoms with E-state index in [-0.39, 0.29) is 17.9 Å². The summed E-state index contributed by atoms with van der Waals surface area (Å²) in [6, 6.07) is 6.76. The van der Waals surface area contributed by atoms with Crippen LogP contribution in [0.15, 0.2) is 24.3 Å². The summed E-state index contributed by atoms with van der Waals surface area (Å²) in [5.74, 6) is 0.503. The molecule has 1 aliphatic rings. The summed E-state index contributed by atoms with van der Waals surface area (Å²) in [4.78, 5) is 25.1. The molecule has 114 valence electrons. The Morgan fingerprint density at radius 2 is 2.29 bits per heavy atom. The Morgan fingerprint density at radius 1 is 1.48 bits per heavy atom. The van der Waals surface area contributed by atoms with E-state index >= 15 is 0 Å². The van der Waals surface area contributed by atoms with Gasteiger partial charge in [-0.15, -0.1) is 0 Å². The zero-order valence-corrected chi connectivity index (χ0v) is 12.7. The fourth-order valence-corrected chi connectivity index (χ4v) is 2.61. The van der Waals surface area contributed by atoms with Crippen molar-refractivity contribution in [2.45, 2.75) is 25.8 Å². The Morgan fingerprint density at radius 3 is 3.00 bits per heavy atom. The number of hydrogen-bond donors (Lipinski definition) is 1. The lowest BCUT2D eigenvalue weighted by Gasteiger charge is -2.22.